The molecule has 0 heterocycles. The number of unbranched alkanes of at least 4 members (excludes halogenated alkanes) is 34. The Morgan fingerprint density at radius 3 is 0.543 bits per heavy atom. The van der Waals surface area contributed by atoms with Gasteiger partial charge in [0.05, 0.1) is 13.2 Å². The predicted octanol–water partition coefficient (Wildman–Crippen LogP) is 12.7. The Labute approximate surface area is 455 Å². The van der Waals surface area contributed by atoms with Crippen LogP contribution in [0, 0.1) is 0 Å². The van der Waals surface area contributed by atoms with Crippen molar-refractivity contribution in [2.45, 2.75) is 333 Å². The zero-order chi connectivity index (χ0) is 53.0. The minimum Gasteiger partial charge on any atom is -0.394 e. The molecule has 0 aliphatic rings. The molecule has 0 aliphatic heterocycles. The molecule has 0 atom stereocenters. The molecule has 421 valence electrons. The van der Waals surface area contributed by atoms with E-state index in [1.54, 1.807) is 8.87 Å². The van der Waals surface area contributed by atoms with Crippen molar-refractivity contribution in [2.75, 3.05) is 13.2 Å². The van der Waals surface area contributed by atoms with Crippen molar-refractivity contribution in [1.82, 2.24) is 0 Å². The zero-order valence-electron chi connectivity index (χ0n) is 46.9. The third-order valence-corrected chi connectivity index (χ3v) is 15.5. The Morgan fingerprint density at radius 2 is 0.414 bits per heavy atom. The average molecular weight is 1150 g/mol. The number of aliphatic hydroxyl groups excluding tert-OH is 2. The molecule has 0 spiro atoms. The van der Waals surface area contributed by atoms with Crippen LogP contribution in [0.1, 0.15) is 324 Å². The largest absolute Gasteiger partial charge is 2.00 e. The van der Waals surface area contributed by atoms with Gasteiger partial charge in [-0.05, 0) is 51.4 Å². The van der Waals surface area contributed by atoms with E-state index >= 15 is 0 Å². The van der Waals surface area contributed by atoms with Gasteiger partial charge in [0.15, 0.2) is 0 Å². The van der Waals surface area contributed by atoms with E-state index in [1.807, 2.05) is 0 Å². The molecular weight excluding hydrogens is 1030 g/mol. The molecule has 0 unspecified atom stereocenters. The molecule has 0 fully saturated rings. The summed E-state index contributed by atoms with van der Waals surface area (Å²) in [4.78, 5) is 40.4. The monoisotopic (exact) mass is 1150 g/mol. The van der Waals surface area contributed by atoms with Gasteiger partial charge in [-0.1, -0.05) is 233 Å². The van der Waals surface area contributed by atoms with Crippen LogP contribution < -0.4 is 20.4 Å². The number of carbonyl (C=O) groups is 4. The summed E-state index contributed by atoms with van der Waals surface area (Å²) in [6.07, 6.45) is 50.5. The number of carboxylic acids is 4. The molecule has 2 N–H and O–H groups in total. The maximum absolute atomic E-state index is 10.1. The summed E-state index contributed by atoms with van der Waals surface area (Å²) in [6, 6.07) is 0. The Kier molecular flexibility index (Phi) is 101. The number of aliphatic hydroxyl groups is 2. The number of aliphatic carboxylic acids is 4. The van der Waals surface area contributed by atoms with Crippen molar-refractivity contribution in [2.24, 2.45) is 0 Å². The van der Waals surface area contributed by atoms with Crippen LogP contribution in [0.2, 0.25) is 8.87 Å². The maximum Gasteiger partial charge on any atom is 2.00 e. The first-order chi connectivity index (χ1) is 33.4. The zero-order valence-corrected chi connectivity index (χ0v) is 50.8. The summed E-state index contributed by atoms with van der Waals surface area (Å²) in [6.45, 7) is 13.2. The second kappa shape index (κ2) is 84.9. The van der Waals surface area contributed by atoms with E-state index < -0.39 is 23.9 Å². The van der Waals surface area contributed by atoms with Crippen LogP contribution in [0.4, 0.5) is 0 Å². The van der Waals surface area contributed by atoms with Crippen molar-refractivity contribution in [3.8, 4) is 0 Å². The first-order valence-corrected chi connectivity index (χ1v) is 33.2. The van der Waals surface area contributed by atoms with Crippen LogP contribution in [0.3, 0.4) is 0 Å². The third kappa shape index (κ3) is 117. The summed E-state index contributed by atoms with van der Waals surface area (Å²) < 4.78 is 3.25. The number of rotatable bonds is 47. The van der Waals surface area contributed by atoms with Gasteiger partial charge in [0, 0.05) is 23.9 Å². The van der Waals surface area contributed by atoms with Crippen LogP contribution in [-0.2, 0) is 36.0 Å². The summed E-state index contributed by atoms with van der Waals surface area (Å²) in [5.74, 6) is -3.64. The smallest absolute Gasteiger partial charge is 0.394 e. The number of carbonyl (C=O) groups excluding carboxylic acids is 4. The molecule has 0 aromatic heterocycles. The van der Waals surface area contributed by atoms with E-state index in [9.17, 15) is 39.6 Å². The molecule has 0 saturated heterocycles. The van der Waals surface area contributed by atoms with Gasteiger partial charge in [0.25, 0.3) is 0 Å². The molecule has 0 amide bonds. The second-order valence-electron chi connectivity index (χ2n) is 18.7. The molecule has 0 aliphatic carbocycles. The standard InChI is InChI=1S/4C12H24O2.2C4H9.C2H6O2.Co.Sn/c4*1-2-3-4-5-6-7-8-9-10-11-12(13)14;2*1-3-4-2;3-1-2-4;;/h4*2-11H2,1H3,(H,13,14);2*1,3-4H2,2H3;3-4H,1-2H2;;/q;;;;;;;2*+2/p-4. The molecule has 0 saturated carbocycles. The topological polar surface area (TPSA) is 201 Å². The third-order valence-electron chi connectivity index (χ3n) is 11.5. The summed E-state index contributed by atoms with van der Waals surface area (Å²) in [5, 5.41) is 55.6. The van der Waals surface area contributed by atoms with E-state index in [-0.39, 0.29) is 76.8 Å². The van der Waals surface area contributed by atoms with Crippen LogP contribution in [-0.4, -0.2) is 68.4 Å². The molecule has 0 bridgehead atoms. The van der Waals surface area contributed by atoms with Crippen LogP contribution >= 0.6 is 0 Å². The summed E-state index contributed by atoms with van der Waals surface area (Å²) in [7, 11) is 0. The molecule has 1 radical (unpaired) electrons. The second-order valence-corrected chi connectivity index (χ2v) is 23.0. The van der Waals surface area contributed by atoms with Crippen molar-refractivity contribution >= 4 is 45.0 Å². The van der Waals surface area contributed by atoms with E-state index in [1.165, 1.54) is 205 Å². The fourth-order valence-electron chi connectivity index (χ4n) is 7.05. The molecule has 0 aromatic carbocycles. The van der Waals surface area contributed by atoms with E-state index in [0.29, 0.717) is 0 Å². The Bertz CT molecular complexity index is 808. The normalized spacial score (nSPS) is 9.89. The number of hydrogen-bond acceptors (Lipinski definition) is 10. The van der Waals surface area contributed by atoms with Crippen LogP contribution in [0.5, 0.6) is 0 Å². The fourth-order valence-corrected chi connectivity index (χ4v) is 11.2. The Balaban J connectivity index is -0.000000139. The molecular formula is C58H116CoO10Sn. The van der Waals surface area contributed by atoms with Crippen molar-refractivity contribution in [3.63, 3.8) is 0 Å². The van der Waals surface area contributed by atoms with Crippen molar-refractivity contribution < 1.29 is 66.6 Å². The number of hydrogen-bond donors (Lipinski definition) is 2. The average Bonchev–Trinajstić information content (AvgIpc) is 3.32. The van der Waals surface area contributed by atoms with Gasteiger partial charge in [0.1, 0.15) is 0 Å². The fraction of sp³-hybridized carbons (Fsp3) is 0.931. The van der Waals surface area contributed by atoms with Crippen molar-refractivity contribution in [1.29, 1.82) is 0 Å². The molecule has 12 heteroatoms. The molecule has 70 heavy (non-hydrogen) atoms. The summed E-state index contributed by atoms with van der Waals surface area (Å²) in [5.41, 5.74) is 0. The van der Waals surface area contributed by atoms with Gasteiger partial charge in [-0.3, -0.25) is 0 Å². The maximum atomic E-state index is 10.1. The first kappa shape index (κ1) is 83.1. The SMILES string of the molecule is CCCCCCCCCCCC(=O)[O-].CCCCCCCCCCCC(=O)[O-].CCCCCCCCCCCC(=O)[O-].CCCCCCCCCCCC(=O)[O-].CCC[CH2][Sn+2][CH2]CCC.OCCO.[Co+2]. The van der Waals surface area contributed by atoms with E-state index in [0.717, 1.165) is 51.4 Å². The van der Waals surface area contributed by atoms with Gasteiger partial charge < -0.3 is 49.8 Å². The molecule has 0 aromatic rings. The van der Waals surface area contributed by atoms with E-state index in [4.69, 9.17) is 10.2 Å². The first-order valence-electron chi connectivity index (χ1n) is 29.1. The Hall–Kier alpha value is -0.895. The molecule has 0 rings (SSSR count). The predicted molar refractivity (Wildman–Crippen MR) is 287 cm³/mol. The van der Waals surface area contributed by atoms with Crippen LogP contribution in [0.15, 0.2) is 0 Å². The van der Waals surface area contributed by atoms with Crippen molar-refractivity contribution in [3.05, 3.63) is 0 Å². The number of carboxylic acid groups (broad SMARTS) is 4. The van der Waals surface area contributed by atoms with Gasteiger partial charge in [-0.15, -0.1) is 0 Å². The van der Waals surface area contributed by atoms with Gasteiger partial charge in [-0.25, -0.2) is 0 Å². The van der Waals surface area contributed by atoms with Gasteiger partial charge in [-0.2, -0.15) is 0 Å². The van der Waals surface area contributed by atoms with E-state index in [2.05, 4.69) is 41.5 Å². The minimum absolute atomic E-state index is 0. The quantitative estimate of drug-likeness (QED) is 0.0436. The van der Waals surface area contributed by atoms with Gasteiger partial charge in [0.2, 0.25) is 0 Å². The molecule has 10 nitrogen and oxygen atoms in total. The van der Waals surface area contributed by atoms with Gasteiger partial charge >= 0.3 is 86.3 Å². The minimum atomic E-state index is -0.909. The van der Waals surface area contributed by atoms with Crippen LogP contribution in [0.25, 0.3) is 0 Å². The Morgan fingerprint density at radius 1 is 0.271 bits per heavy atom. The summed E-state index contributed by atoms with van der Waals surface area (Å²) >= 11 is 0.149.